The molecule has 6 nitrogen and oxygen atoms in total. The Labute approximate surface area is 273 Å². The summed E-state index contributed by atoms with van der Waals surface area (Å²) >= 11 is 0. The number of piperidine rings is 2. The maximum absolute atomic E-state index is 11.8. The highest BCUT2D eigenvalue weighted by Crippen LogP contribution is 2.32. The van der Waals surface area contributed by atoms with Crippen LogP contribution in [0.4, 0.5) is 0 Å². The van der Waals surface area contributed by atoms with Gasteiger partial charge in [0.25, 0.3) is 0 Å². The van der Waals surface area contributed by atoms with Gasteiger partial charge in [0.05, 0.1) is 26.2 Å². The molecule has 45 heavy (non-hydrogen) atoms. The third-order valence-electron chi connectivity index (χ3n) is 11.5. The van der Waals surface area contributed by atoms with Gasteiger partial charge in [0.1, 0.15) is 13.1 Å². The van der Waals surface area contributed by atoms with Crippen LogP contribution in [0.2, 0.25) is 0 Å². The molecule has 0 spiro atoms. The number of quaternary nitrogens is 2. The van der Waals surface area contributed by atoms with Crippen molar-refractivity contribution in [3.8, 4) is 0 Å². The minimum atomic E-state index is -0.182. The van der Waals surface area contributed by atoms with E-state index in [1.165, 1.54) is 74.1 Å². The molecule has 2 aromatic carbocycles. The molecule has 0 saturated carbocycles. The maximum Gasteiger partial charge on any atom is 0.220 e. The molecule has 4 rings (SSSR count). The molecule has 3 atom stereocenters. The summed E-state index contributed by atoms with van der Waals surface area (Å²) in [4.78, 5) is 26.9. The molecule has 2 aliphatic rings. The SMILES string of the molecule is CCC(CC(C)c1ccc(C[NH+]2CCC(C3CC[NH+](Cc4ccc(C(C)(C)CC(CC)C(N)=O)cc4)CC3)CC2)cc1)C(N)=O. The summed E-state index contributed by atoms with van der Waals surface area (Å²) in [6.07, 6.45) is 8.68. The van der Waals surface area contributed by atoms with Gasteiger partial charge >= 0.3 is 0 Å². The Balaban J connectivity index is 1.17. The van der Waals surface area contributed by atoms with E-state index in [1.54, 1.807) is 9.80 Å². The van der Waals surface area contributed by atoms with Gasteiger partial charge in [0, 0.05) is 23.0 Å². The standard InChI is InChI=1S/C39H60N4O2/c1-6-31(37(40)44)24-28(3)33-12-8-29(9-13-33)26-42-20-16-34(17-21-42)35-18-22-43(23-19-35)27-30-10-14-36(15-11-30)39(4,5)25-32(7-2)38(41)45/h8-15,28,31-32,34-35H,6-7,16-27H2,1-5H3,(H2,40,44)(H2,41,45)/p+2. The van der Waals surface area contributed by atoms with Crippen molar-refractivity contribution in [3.63, 3.8) is 0 Å². The number of hydrogen-bond acceptors (Lipinski definition) is 2. The number of nitrogens with two attached hydrogens (primary N) is 2. The molecule has 0 radical (unpaired) electrons. The predicted octanol–water partition coefficient (Wildman–Crippen LogP) is 4.16. The van der Waals surface area contributed by atoms with E-state index >= 15 is 0 Å². The number of hydrogen-bond donors (Lipinski definition) is 4. The first-order chi connectivity index (χ1) is 21.5. The van der Waals surface area contributed by atoms with Gasteiger partial charge in [-0.25, -0.2) is 0 Å². The molecule has 0 aliphatic carbocycles. The lowest BCUT2D eigenvalue weighted by molar-refractivity contribution is -0.923. The van der Waals surface area contributed by atoms with Gasteiger partial charge in [0.2, 0.25) is 11.8 Å². The van der Waals surface area contributed by atoms with Gasteiger partial charge < -0.3 is 21.3 Å². The van der Waals surface area contributed by atoms with Crippen molar-refractivity contribution in [1.82, 2.24) is 0 Å². The van der Waals surface area contributed by atoms with Crippen LogP contribution < -0.4 is 21.3 Å². The minimum absolute atomic E-state index is 0.0365. The van der Waals surface area contributed by atoms with Crippen LogP contribution in [-0.4, -0.2) is 38.0 Å². The molecule has 2 aromatic rings. The first-order valence-electron chi connectivity index (χ1n) is 17.9. The highest BCUT2D eigenvalue weighted by atomic mass is 16.1. The van der Waals surface area contributed by atoms with Crippen LogP contribution in [0.5, 0.6) is 0 Å². The van der Waals surface area contributed by atoms with E-state index in [0.29, 0.717) is 5.92 Å². The van der Waals surface area contributed by atoms with Crippen LogP contribution in [0, 0.1) is 23.7 Å². The minimum Gasteiger partial charge on any atom is -0.369 e. The Bertz CT molecular complexity index is 1210. The number of likely N-dealkylation sites (tertiary alicyclic amines) is 2. The van der Waals surface area contributed by atoms with E-state index in [0.717, 1.165) is 50.6 Å². The van der Waals surface area contributed by atoms with Gasteiger partial charge in [-0.3, -0.25) is 9.59 Å². The quantitative estimate of drug-likeness (QED) is 0.241. The molecule has 6 N–H and O–H groups in total. The number of primary amides is 2. The number of carbonyl (C=O) groups excluding carboxylic acids is 2. The summed E-state index contributed by atoms with van der Waals surface area (Å²) in [6, 6.07) is 18.3. The van der Waals surface area contributed by atoms with Crippen molar-refractivity contribution >= 4 is 11.8 Å². The third kappa shape index (κ3) is 9.89. The zero-order valence-electron chi connectivity index (χ0n) is 28.9. The van der Waals surface area contributed by atoms with E-state index < -0.39 is 0 Å². The Kier molecular flexibility index (Phi) is 12.7. The van der Waals surface area contributed by atoms with Gasteiger partial charge in [-0.15, -0.1) is 0 Å². The largest absolute Gasteiger partial charge is 0.369 e. The normalized spacial score (nSPS) is 24.5. The van der Waals surface area contributed by atoms with Crippen molar-refractivity contribution < 1.29 is 19.4 Å². The van der Waals surface area contributed by atoms with Gasteiger partial charge in [-0.05, 0) is 85.7 Å². The third-order valence-corrected chi connectivity index (χ3v) is 11.5. The summed E-state index contributed by atoms with van der Waals surface area (Å²) in [5.41, 5.74) is 16.6. The molecule has 2 amide bonds. The van der Waals surface area contributed by atoms with Crippen molar-refractivity contribution in [2.45, 2.75) is 110 Å². The van der Waals surface area contributed by atoms with Crippen LogP contribution >= 0.6 is 0 Å². The Morgan fingerprint density at radius 3 is 1.56 bits per heavy atom. The van der Waals surface area contributed by atoms with Crippen LogP contribution in [-0.2, 0) is 28.1 Å². The van der Waals surface area contributed by atoms with E-state index in [9.17, 15) is 9.59 Å². The highest BCUT2D eigenvalue weighted by molar-refractivity contribution is 5.77. The summed E-state index contributed by atoms with van der Waals surface area (Å²) < 4.78 is 0. The number of amides is 2. The first kappa shape index (κ1) is 35.2. The van der Waals surface area contributed by atoms with Crippen molar-refractivity contribution in [1.29, 1.82) is 0 Å². The maximum atomic E-state index is 11.8. The highest BCUT2D eigenvalue weighted by Gasteiger charge is 2.33. The molecule has 2 fully saturated rings. The Morgan fingerprint density at radius 2 is 1.16 bits per heavy atom. The van der Waals surface area contributed by atoms with Crippen LogP contribution in [0.25, 0.3) is 0 Å². The lowest BCUT2D eigenvalue weighted by atomic mass is 9.76. The smallest absolute Gasteiger partial charge is 0.220 e. The van der Waals surface area contributed by atoms with E-state index in [1.807, 2.05) is 13.8 Å². The lowest BCUT2D eigenvalue weighted by Gasteiger charge is -2.37. The van der Waals surface area contributed by atoms with Crippen molar-refractivity contribution in [3.05, 3.63) is 70.8 Å². The average molecular weight is 619 g/mol. The van der Waals surface area contributed by atoms with E-state index in [2.05, 4.69) is 69.3 Å². The topological polar surface area (TPSA) is 95.1 Å². The monoisotopic (exact) mass is 618 g/mol. The van der Waals surface area contributed by atoms with Crippen molar-refractivity contribution in [2.75, 3.05) is 26.2 Å². The fourth-order valence-corrected chi connectivity index (χ4v) is 8.24. The second kappa shape index (κ2) is 16.2. The number of carbonyl (C=O) groups is 2. The molecular weight excluding hydrogens is 556 g/mol. The lowest BCUT2D eigenvalue weighted by Crippen LogP contribution is -3.12. The van der Waals surface area contributed by atoms with E-state index in [4.69, 9.17) is 11.5 Å². The Hall–Kier alpha value is -2.70. The molecule has 2 saturated heterocycles. The predicted molar refractivity (Wildman–Crippen MR) is 184 cm³/mol. The fraction of sp³-hybridized carbons (Fsp3) is 0.641. The van der Waals surface area contributed by atoms with Gasteiger partial charge in [0.15, 0.2) is 0 Å². The number of benzene rings is 2. The molecule has 3 unspecified atom stereocenters. The van der Waals surface area contributed by atoms with Crippen LogP contribution in [0.1, 0.15) is 114 Å². The summed E-state index contributed by atoms with van der Waals surface area (Å²) in [7, 11) is 0. The molecule has 0 aromatic heterocycles. The fourth-order valence-electron chi connectivity index (χ4n) is 8.24. The van der Waals surface area contributed by atoms with Crippen LogP contribution in [0.3, 0.4) is 0 Å². The molecule has 2 aliphatic heterocycles. The molecule has 248 valence electrons. The molecule has 0 bridgehead atoms. The number of rotatable bonds is 15. The zero-order valence-corrected chi connectivity index (χ0v) is 28.9. The van der Waals surface area contributed by atoms with Gasteiger partial charge in [-0.2, -0.15) is 0 Å². The summed E-state index contributed by atoms with van der Waals surface area (Å²) in [5.74, 6) is 1.67. The van der Waals surface area contributed by atoms with Crippen molar-refractivity contribution in [2.24, 2.45) is 35.1 Å². The summed E-state index contributed by atoms with van der Waals surface area (Å²) in [6.45, 7) is 18.1. The number of nitrogens with one attached hydrogen (secondary N) is 2. The summed E-state index contributed by atoms with van der Waals surface area (Å²) in [5, 5.41) is 0. The Morgan fingerprint density at radius 1 is 0.733 bits per heavy atom. The average Bonchev–Trinajstić information content (AvgIpc) is 3.03. The first-order valence-corrected chi connectivity index (χ1v) is 17.9. The van der Waals surface area contributed by atoms with E-state index in [-0.39, 0.29) is 29.1 Å². The second-order valence-corrected chi connectivity index (χ2v) is 15.2. The zero-order chi connectivity index (χ0) is 32.6. The van der Waals surface area contributed by atoms with Gasteiger partial charge in [-0.1, -0.05) is 83.1 Å². The molecule has 6 heteroatoms. The molecular formula is C39H62N4O2+2. The van der Waals surface area contributed by atoms with Crippen LogP contribution in [0.15, 0.2) is 48.5 Å². The molecule has 2 heterocycles. The second-order valence-electron chi connectivity index (χ2n) is 15.2.